The summed E-state index contributed by atoms with van der Waals surface area (Å²) in [6.45, 7) is 4.87. The van der Waals surface area contributed by atoms with Gasteiger partial charge in [-0.2, -0.15) is 0 Å². The minimum Gasteiger partial charge on any atom is -0.352 e. The van der Waals surface area contributed by atoms with Crippen molar-refractivity contribution in [3.05, 3.63) is 71.9 Å². The summed E-state index contributed by atoms with van der Waals surface area (Å²) in [5, 5.41) is 4.09. The van der Waals surface area contributed by atoms with Gasteiger partial charge in [0, 0.05) is 24.8 Å². The second-order valence-corrected chi connectivity index (χ2v) is 7.72. The maximum atomic E-state index is 13.1. The minimum atomic E-state index is -0.830. The van der Waals surface area contributed by atoms with Gasteiger partial charge in [0.25, 0.3) is 11.8 Å². The molecule has 0 fully saturated rings. The van der Waals surface area contributed by atoms with Crippen molar-refractivity contribution in [3.63, 3.8) is 0 Å². The Morgan fingerprint density at radius 2 is 1.60 bits per heavy atom. The zero-order valence-electron chi connectivity index (χ0n) is 17.2. The summed E-state index contributed by atoms with van der Waals surface area (Å²) in [5.74, 6) is -1.24. The van der Waals surface area contributed by atoms with Crippen molar-refractivity contribution in [3.8, 4) is 0 Å². The van der Waals surface area contributed by atoms with Gasteiger partial charge in [-0.1, -0.05) is 50.6 Å². The van der Waals surface area contributed by atoms with Crippen LogP contribution in [0.1, 0.15) is 41.0 Å². The van der Waals surface area contributed by atoms with E-state index in [1.54, 1.807) is 24.3 Å². The molecular formula is C24H25N3O3. The first-order valence-corrected chi connectivity index (χ1v) is 10.3. The van der Waals surface area contributed by atoms with Gasteiger partial charge < -0.3 is 9.88 Å². The van der Waals surface area contributed by atoms with Gasteiger partial charge in [-0.05, 0) is 35.6 Å². The molecule has 0 aliphatic carbocycles. The fourth-order valence-electron chi connectivity index (χ4n) is 4.05. The summed E-state index contributed by atoms with van der Waals surface area (Å²) in [7, 11) is 0. The number of nitrogens with one attached hydrogen (secondary N) is 1. The minimum absolute atomic E-state index is 0.153. The van der Waals surface area contributed by atoms with E-state index in [0.717, 1.165) is 15.8 Å². The molecule has 0 spiro atoms. The van der Waals surface area contributed by atoms with E-state index in [2.05, 4.69) is 9.88 Å². The van der Waals surface area contributed by atoms with Gasteiger partial charge in [0.05, 0.1) is 11.1 Å². The molecule has 4 rings (SSSR count). The number of carbonyl (C=O) groups excluding carboxylic acids is 3. The molecule has 6 heteroatoms. The van der Waals surface area contributed by atoms with Gasteiger partial charge >= 0.3 is 0 Å². The third kappa shape index (κ3) is 3.38. The van der Waals surface area contributed by atoms with Gasteiger partial charge in [-0.3, -0.25) is 19.3 Å². The van der Waals surface area contributed by atoms with E-state index in [-0.39, 0.29) is 11.8 Å². The van der Waals surface area contributed by atoms with Crippen LogP contribution in [0.4, 0.5) is 0 Å². The monoisotopic (exact) mass is 403 g/mol. The van der Waals surface area contributed by atoms with Gasteiger partial charge in [0.15, 0.2) is 0 Å². The summed E-state index contributed by atoms with van der Waals surface area (Å²) in [6.07, 6.45) is 2.67. The maximum absolute atomic E-state index is 13.1. The van der Waals surface area contributed by atoms with Crippen molar-refractivity contribution in [1.29, 1.82) is 0 Å². The lowest BCUT2D eigenvalue weighted by Gasteiger charge is -2.29. The molecule has 30 heavy (non-hydrogen) atoms. The highest BCUT2D eigenvalue weighted by Crippen LogP contribution is 2.28. The number of hydrogen-bond acceptors (Lipinski definition) is 3. The number of aromatic nitrogens is 1. The molecule has 1 N–H and O–H groups in total. The molecular weight excluding hydrogens is 378 g/mol. The van der Waals surface area contributed by atoms with E-state index in [1.807, 2.05) is 50.4 Å². The van der Waals surface area contributed by atoms with Crippen LogP contribution in [-0.4, -0.2) is 39.8 Å². The largest absolute Gasteiger partial charge is 0.352 e. The highest BCUT2D eigenvalue weighted by molar-refractivity contribution is 6.22. The zero-order chi connectivity index (χ0) is 21.3. The first kappa shape index (κ1) is 19.9. The molecule has 1 aliphatic rings. The number of nitrogens with zero attached hydrogens (tertiary/aromatic N) is 2. The van der Waals surface area contributed by atoms with Crippen molar-refractivity contribution < 1.29 is 14.4 Å². The average Bonchev–Trinajstić information content (AvgIpc) is 3.29. The average molecular weight is 403 g/mol. The predicted molar refractivity (Wildman–Crippen MR) is 115 cm³/mol. The molecule has 0 saturated carbocycles. The summed E-state index contributed by atoms with van der Waals surface area (Å²) in [5.41, 5.74) is 1.83. The van der Waals surface area contributed by atoms with Crippen molar-refractivity contribution in [1.82, 2.24) is 14.8 Å². The highest BCUT2D eigenvalue weighted by Gasteiger charge is 2.44. The lowest BCUT2D eigenvalue weighted by atomic mass is 9.96. The van der Waals surface area contributed by atoms with E-state index in [0.29, 0.717) is 30.6 Å². The Hall–Kier alpha value is -3.41. The van der Waals surface area contributed by atoms with E-state index in [4.69, 9.17) is 0 Å². The van der Waals surface area contributed by atoms with Crippen molar-refractivity contribution in [2.45, 2.75) is 32.9 Å². The van der Waals surface area contributed by atoms with E-state index in [1.165, 1.54) is 0 Å². The molecule has 2 aromatic carbocycles. The molecule has 154 valence electrons. The smallest absolute Gasteiger partial charge is 0.262 e. The number of para-hydroxylation sites is 1. The van der Waals surface area contributed by atoms with Crippen molar-refractivity contribution in [2.75, 3.05) is 6.54 Å². The molecule has 3 aromatic rings. The molecule has 3 amide bonds. The first-order chi connectivity index (χ1) is 14.5. The number of carbonyl (C=O) groups is 3. The maximum Gasteiger partial charge on any atom is 0.262 e. The first-order valence-electron chi connectivity index (χ1n) is 10.3. The fraction of sp³-hybridized carbons (Fsp3) is 0.292. The van der Waals surface area contributed by atoms with Crippen LogP contribution in [0.2, 0.25) is 0 Å². The Balaban J connectivity index is 1.49. The lowest BCUT2D eigenvalue weighted by molar-refractivity contribution is -0.126. The summed E-state index contributed by atoms with van der Waals surface area (Å²) >= 11 is 0. The SMILES string of the molecule is CCC(C)C(C(=O)NCCn1ccc2ccccc21)N1C(=O)c2ccccc2C1=O. The molecule has 2 unspecified atom stereocenters. The molecule has 2 heterocycles. The standard InChI is InChI=1S/C24H25N3O3/c1-3-16(2)21(27-23(29)18-9-5-6-10-19(18)24(27)30)22(28)25-13-15-26-14-12-17-8-4-7-11-20(17)26/h4-12,14,16,21H,3,13,15H2,1-2H3,(H,25,28). The van der Waals surface area contributed by atoms with Crippen LogP contribution in [0.5, 0.6) is 0 Å². The molecule has 1 aliphatic heterocycles. The number of rotatable bonds is 7. The predicted octanol–water partition coefficient (Wildman–Crippen LogP) is 3.47. The normalized spacial score (nSPS) is 15.3. The lowest BCUT2D eigenvalue weighted by Crippen LogP contribution is -2.53. The topological polar surface area (TPSA) is 71.4 Å². The molecule has 0 saturated heterocycles. The third-order valence-corrected chi connectivity index (χ3v) is 5.89. The Morgan fingerprint density at radius 1 is 0.967 bits per heavy atom. The second-order valence-electron chi connectivity index (χ2n) is 7.72. The number of hydrogen-bond donors (Lipinski definition) is 1. The van der Waals surface area contributed by atoms with Crippen molar-refractivity contribution >= 4 is 28.6 Å². The molecule has 1 aromatic heterocycles. The molecule has 0 radical (unpaired) electrons. The molecule has 2 atom stereocenters. The summed E-state index contributed by atoms with van der Waals surface area (Å²) in [6, 6.07) is 16.0. The molecule has 6 nitrogen and oxygen atoms in total. The number of amides is 3. The van der Waals surface area contributed by atoms with Crippen LogP contribution >= 0.6 is 0 Å². The van der Waals surface area contributed by atoms with Crippen LogP contribution in [-0.2, 0) is 11.3 Å². The van der Waals surface area contributed by atoms with Crippen LogP contribution in [0.3, 0.4) is 0 Å². The Kier molecular flexibility index (Phi) is 5.40. The number of benzene rings is 2. The second kappa shape index (κ2) is 8.14. The van der Waals surface area contributed by atoms with Crippen LogP contribution in [0.25, 0.3) is 10.9 Å². The van der Waals surface area contributed by atoms with Gasteiger partial charge in [-0.25, -0.2) is 0 Å². The van der Waals surface area contributed by atoms with E-state index in [9.17, 15) is 14.4 Å². The Labute approximate surface area is 175 Å². The third-order valence-electron chi connectivity index (χ3n) is 5.89. The summed E-state index contributed by atoms with van der Waals surface area (Å²) in [4.78, 5) is 40.0. The number of fused-ring (bicyclic) bond motifs is 2. The van der Waals surface area contributed by atoms with Crippen molar-refractivity contribution in [2.24, 2.45) is 5.92 Å². The molecule has 0 bridgehead atoms. The van der Waals surface area contributed by atoms with Gasteiger partial charge in [0.1, 0.15) is 6.04 Å². The quantitative estimate of drug-likeness (QED) is 0.614. The zero-order valence-corrected chi connectivity index (χ0v) is 17.2. The van der Waals surface area contributed by atoms with Crippen LogP contribution in [0.15, 0.2) is 60.8 Å². The van der Waals surface area contributed by atoms with Crippen LogP contribution < -0.4 is 5.32 Å². The fourth-order valence-corrected chi connectivity index (χ4v) is 4.05. The summed E-state index contributed by atoms with van der Waals surface area (Å²) < 4.78 is 2.08. The number of imide groups is 1. The van der Waals surface area contributed by atoms with Crippen LogP contribution in [0, 0.1) is 5.92 Å². The van der Waals surface area contributed by atoms with E-state index >= 15 is 0 Å². The Bertz CT molecular complexity index is 1080. The van der Waals surface area contributed by atoms with Gasteiger partial charge in [-0.15, -0.1) is 0 Å². The van der Waals surface area contributed by atoms with E-state index < -0.39 is 17.9 Å². The van der Waals surface area contributed by atoms with Gasteiger partial charge in [0.2, 0.25) is 5.91 Å². The highest BCUT2D eigenvalue weighted by atomic mass is 16.2. The Morgan fingerprint density at radius 3 is 2.27 bits per heavy atom.